The minimum Gasteiger partial charge on any atom is -0.394 e. The van der Waals surface area contributed by atoms with Crippen LogP contribution in [-0.4, -0.2) is 62.6 Å². The molecule has 0 radical (unpaired) electrons. The maximum atomic E-state index is 9.51. The number of ether oxygens (including phenoxy) is 1. The van der Waals surface area contributed by atoms with Gasteiger partial charge in [0.05, 0.1) is 6.61 Å². The average Bonchev–Trinajstić information content (AvgIpc) is 2.19. The van der Waals surface area contributed by atoms with Gasteiger partial charge in [0.15, 0.2) is 0 Å². The molecule has 6 heteroatoms. The molecule has 0 aromatic heterocycles. The number of rotatable bonds is 3. The summed E-state index contributed by atoms with van der Waals surface area (Å²) in [4.78, 5) is 0. The fourth-order valence-electron chi connectivity index (χ4n) is 1.37. The summed E-state index contributed by atoms with van der Waals surface area (Å²) >= 11 is 1.33. The van der Waals surface area contributed by atoms with Gasteiger partial charge in [-0.3, -0.25) is 0 Å². The Bertz CT molecular complexity index is 175. The molecule has 0 saturated carbocycles. The maximum Gasteiger partial charge on any atom is 0.132 e. The van der Waals surface area contributed by atoms with Crippen LogP contribution in [-0.2, 0) is 4.74 Å². The Kier molecular flexibility index (Phi) is 4.62. The smallest absolute Gasteiger partial charge is 0.132 e. The van der Waals surface area contributed by atoms with E-state index in [2.05, 4.69) is 0 Å². The summed E-state index contributed by atoms with van der Waals surface area (Å²) < 4.78 is 5.22. The van der Waals surface area contributed by atoms with Gasteiger partial charge in [0.1, 0.15) is 29.9 Å². The van der Waals surface area contributed by atoms with Crippen LogP contribution in [0.5, 0.6) is 0 Å². The summed E-state index contributed by atoms with van der Waals surface area (Å²) in [7, 11) is 0. The van der Waals surface area contributed by atoms with Gasteiger partial charge in [-0.05, 0) is 5.75 Å². The molecule has 5 nitrogen and oxygen atoms in total. The third-order valence-corrected chi connectivity index (χ3v) is 3.23. The van der Waals surface area contributed by atoms with Crippen molar-refractivity contribution < 1.29 is 25.2 Å². The second-order valence-electron chi connectivity index (χ2n) is 3.15. The molecule has 1 unspecified atom stereocenters. The number of aliphatic hydroxyl groups is 4. The maximum absolute atomic E-state index is 9.51. The van der Waals surface area contributed by atoms with Crippen LogP contribution in [0.15, 0.2) is 0 Å². The molecule has 84 valence electrons. The van der Waals surface area contributed by atoms with Crippen molar-refractivity contribution in [2.24, 2.45) is 0 Å². The van der Waals surface area contributed by atoms with Crippen LogP contribution in [0.25, 0.3) is 0 Å². The Morgan fingerprint density at radius 3 is 2.29 bits per heavy atom. The molecule has 14 heavy (non-hydrogen) atoms. The van der Waals surface area contributed by atoms with Crippen molar-refractivity contribution in [3.63, 3.8) is 0 Å². The van der Waals surface area contributed by atoms with Gasteiger partial charge in [-0.1, -0.05) is 6.92 Å². The largest absolute Gasteiger partial charge is 0.394 e. The summed E-state index contributed by atoms with van der Waals surface area (Å²) in [6.07, 6.45) is -4.43. The van der Waals surface area contributed by atoms with Crippen molar-refractivity contribution in [1.82, 2.24) is 0 Å². The highest BCUT2D eigenvalue weighted by Crippen LogP contribution is 2.27. The minimum atomic E-state index is -1.26. The van der Waals surface area contributed by atoms with Gasteiger partial charge in [0, 0.05) is 0 Å². The number of hydrogen-bond donors (Lipinski definition) is 4. The van der Waals surface area contributed by atoms with Crippen LogP contribution in [0.4, 0.5) is 0 Å². The van der Waals surface area contributed by atoms with Gasteiger partial charge in [-0.15, -0.1) is 11.8 Å². The van der Waals surface area contributed by atoms with Gasteiger partial charge in [0.25, 0.3) is 0 Å². The summed E-state index contributed by atoms with van der Waals surface area (Å²) in [6.45, 7) is 1.53. The van der Waals surface area contributed by atoms with Crippen LogP contribution in [0.1, 0.15) is 6.92 Å². The molecular weight excluding hydrogens is 208 g/mol. The van der Waals surface area contributed by atoms with Crippen molar-refractivity contribution in [2.45, 2.75) is 36.8 Å². The fraction of sp³-hybridized carbons (Fsp3) is 1.00. The Hall–Kier alpha value is 0.150. The van der Waals surface area contributed by atoms with E-state index in [0.29, 0.717) is 0 Å². The highest BCUT2D eigenvalue weighted by atomic mass is 32.2. The Balaban J connectivity index is 2.63. The molecule has 1 saturated heterocycles. The number of hydrogen-bond acceptors (Lipinski definition) is 6. The van der Waals surface area contributed by atoms with Crippen LogP contribution < -0.4 is 0 Å². The van der Waals surface area contributed by atoms with Crippen molar-refractivity contribution in [3.05, 3.63) is 0 Å². The van der Waals surface area contributed by atoms with E-state index in [-0.39, 0.29) is 6.61 Å². The first-order valence-electron chi connectivity index (χ1n) is 4.54. The highest BCUT2D eigenvalue weighted by Gasteiger charge is 2.43. The Morgan fingerprint density at radius 1 is 1.14 bits per heavy atom. The van der Waals surface area contributed by atoms with Crippen molar-refractivity contribution in [2.75, 3.05) is 12.4 Å². The predicted molar refractivity (Wildman–Crippen MR) is 51.9 cm³/mol. The zero-order valence-corrected chi connectivity index (χ0v) is 8.72. The summed E-state index contributed by atoms with van der Waals surface area (Å²) in [5.74, 6) is 0.725. The summed E-state index contributed by atoms with van der Waals surface area (Å²) in [5.41, 5.74) is -0.587. The molecular formula is C8H16O5S. The van der Waals surface area contributed by atoms with Crippen LogP contribution >= 0.6 is 11.8 Å². The molecule has 1 rings (SSSR count). The molecule has 0 bridgehead atoms. The van der Waals surface area contributed by atoms with E-state index in [1.54, 1.807) is 0 Å². The molecule has 0 aromatic rings. The van der Waals surface area contributed by atoms with Crippen molar-refractivity contribution >= 4 is 11.8 Å². The van der Waals surface area contributed by atoms with Gasteiger partial charge in [-0.2, -0.15) is 0 Å². The quantitative estimate of drug-likeness (QED) is 0.468. The fourth-order valence-corrected chi connectivity index (χ4v) is 2.28. The van der Waals surface area contributed by atoms with Crippen LogP contribution in [0.2, 0.25) is 0 Å². The average molecular weight is 224 g/mol. The topological polar surface area (TPSA) is 90.2 Å². The third kappa shape index (κ3) is 2.39. The molecule has 0 aliphatic carbocycles. The standard InChI is InChI=1S/C8H16O5S/c1-2-14-8-7(12)6(11)5(10)4(3-9)13-8/h4-12H,2-3H2,1H3/t4-,5+,6+,7-,8?/m1/s1. The minimum absolute atomic E-state index is 0.369. The van der Waals surface area contributed by atoms with E-state index >= 15 is 0 Å². The number of aliphatic hydroxyl groups excluding tert-OH is 4. The molecule has 1 aliphatic heterocycles. The lowest BCUT2D eigenvalue weighted by atomic mass is 10.0. The SMILES string of the molecule is CCSC1O[C@H](CO)[C@H](O)[C@H](O)[C@H]1O. The van der Waals surface area contributed by atoms with E-state index in [0.717, 1.165) is 5.75 Å². The molecule has 5 atom stereocenters. The van der Waals surface area contributed by atoms with Gasteiger partial charge < -0.3 is 25.2 Å². The first-order chi connectivity index (χ1) is 6.61. The molecule has 1 aliphatic rings. The Labute approximate surface area is 86.7 Å². The van der Waals surface area contributed by atoms with E-state index in [1.807, 2.05) is 6.92 Å². The second kappa shape index (κ2) is 5.29. The van der Waals surface area contributed by atoms with E-state index in [9.17, 15) is 15.3 Å². The summed E-state index contributed by atoms with van der Waals surface area (Å²) in [5, 5.41) is 37.2. The zero-order valence-electron chi connectivity index (χ0n) is 7.91. The van der Waals surface area contributed by atoms with Crippen molar-refractivity contribution in [1.29, 1.82) is 0 Å². The van der Waals surface area contributed by atoms with E-state index in [1.165, 1.54) is 11.8 Å². The van der Waals surface area contributed by atoms with Gasteiger partial charge >= 0.3 is 0 Å². The first kappa shape index (κ1) is 12.2. The van der Waals surface area contributed by atoms with Crippen LogP contribution in [0.3, 0.4) is 0 Å². The lowest BCUT2D eigenvalue weighted by molar-refractivity contribution is -0.205. The first-order valence-corrected chi connectivity index (χ1v) is 5.58. The highest BCUT2D eigenvalue weighted by molar-refractivity contribution is 7.99. The lowest BCUT2D eigenvalue weighted by Crippen LogP contribution is -2.57. The van der Waals surface area contributed by atoms with Gasteiger partial charge in [-0.25, -0.2) is 0 Å². The molecule has 0 amide bonds. The lowest BCUT2D eigenvalue weighted by Gasteiger charge is -2.39. The third-order valence-electron chi connectivity index (χ3n) is 2.18. The van der Waals surface area contributed by atoms with Crippen molar-refractivity contribution in [3.8, 4) is 0 Å². The predicted octanol–water partition coefficient (Wildman–Crippen LogP) is -1.46. The zero-order chi connectivity index (χ0) is 10.7. The molecule has 0 spiro atoms. The van der Waals surface area contributed by atoms with E-state index < -0.39 is 29.9 Å². The second-order valence-corrected chi connectivity index (χ2v) is 4.53. The van der Waals surface area contributed by atoms with Crippen LogP contribution in [0, 0.1) is 0 Å². The normalized spacial score (nSPS) is 43.9. The molecule has 1 fully saturated rings. The molecule has 1 heterocycles. The monoisotopic (exact) mass is 224 g/mol. The molecule has 4 N–H and O–H groups in total. The Morgan fingerprint density at radius 2 is 1.79 bits per heavy atom. The number of thioether (sulfide) groups is 1. The summed E-state index contributed by atoms with van der Waals surface area (Å²) in [6, 6.07) is 0. The van der Waals surface area contributed by atoms with Gasteiger partial charge in [0.2, 0.25) is 0 Å². The molecule has 0 aromatic carbocycles. The van der Waals surface area contributed by atoms with E-state index in [4.69, 9.17) is 9.84 Å².